The van der Waals surface area contributed by atoms with Crippen molar-refractivity contribution in [2.45, 2.75) is 0 Å². The number of carbonyl (C=O) groups excluding carboxylic acids is 1. The Morgan fingerprint density at radius 1 is 1.11 bits per heavy atom. The van der Waals surface area contributed by atoms with E-state index in [-0.39, 0.29) is 22.3 Å². The molecule has 0 saturated carbocycles. The molecule has 0 fully saturated rings. The van der Waals surface area contributed by atoms with Crippen LogP contribution < -0.4 is 9.30 Å². The van der Waals surface area contributed by atoms with Crippen LogP contribution in [0, 0.1) is 0 Å². The minimum Gasteiger partial charge on any atom is -0.412 e. The second kappa shape index (κ2) is 8.84. The van der Waals surface area contributed by atoms with Crippen molar-refractivity contribution >= 4 is 43.8 Å². The van der Waals surface area contributed by atoms with Gasteiger partial charge in [0.2, 0.25) is 0 Å². The van der Waals surface area contributed by atoms with E-state index in [0.717, 1.165) is 10.6 Å². The number of hydrogen-bond donors (Lipinski definition) is 0. The molecule has 6 N–H and O–H groups in total. The molecule has 1 amide bonds. The number of nitrogens with zero attached hydrogens (tertiary/aromatic N) is 1. The molecule has 1 aromatic heterocycles. The normalized spacial score (nSPS) is 8.53. The maximum absolute atomic E-state index is 12.0. The summed E-state index contributed by atoms with van der Waals surface area (Å²) in [6.07, 6.45) is 0. The fourth-order valence-electron chi connectivity index (χ4n) is 1.37. The predicted octanol–water partition coefficient (Wildman–Crippen LogP) is -0.656. The third-order valence-electron chi connectivity index (χ3n) is 2.29. The quantitative estimate of drug-likeness (QED) is 0.662. The van der Waals surface area contributed by atoms with E-state index in [1.54, 1.807) is 11.9 Å². The van der Waals surface area contributed by atoms with Gasteiger partial charge in [-0.1, -0.05) is 0 Å². The van der Waals surface area contributed by atoms with Crippen LogP contribution in [0.15, 0.2) is 41.8 Å². The molecule has 1 heterocycles. The van der Waals surface area contributed by atoms with E-state index in [4.69, 9.17) is 0 Å². The predicted molar refractivity (Wildman–Crippen MR) is 79.7 cm³/mol. The molecule has 0 atom stereocenters. The summed E-state index contributed by atoms with van der Waals surface area (Å²) in [5.74, 6) is 0.0406. The summed E-state index contributed by atoms with van der Waals surface area (Å²) in [6, 6.07) is 11.7. The average Bonchev–Trinajstić information content (AvgIpc) is 2.81. The fraction of sp³-hybridized carbons (Fsp3) is 0.0833. The van der Waals surface area contributed by atoms with E-state index in [1.807, 2.05) is 58.3 Å². The summed E-state index contributed by atoms with van der Waals surface area (Å²) in [5, 5.41) is 1.91. The second-order valence-corrected chi connectivity index (χ2v) is 5.55. The molecule has 0 saturated heterocycles. The third-order valence-corrected chi connectivity index (χ3v) is 3.85. The largest absolute Gasteiger partial charge is 0.412 e. The number of rotatable bonds is 2. The zero-order valence-corrected chi connectivity index (χ0v) is 13.2. The first kappa shape index (κ1) is 20.1. The van der Waals surface area contributed by atoms with Crippen LogP contribution >= 0.6 is 11.3 Å². The van der Waals surface area contributed by atoms with Crippen LogP contribution in [0.1, 0.15) is 9.67 Å². The van der Waals surface area contributed by atoms with Gasteiger partial charge in [-0.2, -0.15) is 0 Å². The van der Waals surface area contributed by atoms with Crippen LogP contribution in [0.4, 0.5) is 5.69 Å². The van der Waals surface area contributed by atoms with Gasteiger partial charge in [0.1, 0.15) is 0 Å². The van der Waals surface area contributed by atoms with Crippen molar-refractivity contribution in [2.75, 3.05) is 11.9 Å². The molecule has 0 spiro atoms. The Morgan fingerprint density at radius 3 is 2.16 bits per heavy atom. The Labute approximate surface area is 124 Å². The minimum atomic E-state index is 0. The van der Waals surface area contributed by atoms with E-state index >= 15 is 0 Å². The maximum Gasteiger partial charge on any atom is -0.412 e. The molecule has 0 aliphatic heterocycles. The third kappa shape index (κ3) is 4.77. The van der Waals surface area contributed by atoms with Crippen molar-refractivity contribution in [3.8, 4) is 0 Å². The first-order valence-corrected chi connectivity index (χ1v) is 6.74. The number of benzene rings is 1. The molecule has 0 bridgehead atoms. The Bertz CT molecular complexity index is 487. The molecule has 5 nitrogen and oxygen atoms in total. The number of anilines is 1. The van der Waals surface area contributed by atoms with Crippen LogP contribution in [-0.2, 0) is 0 Å². The monoisotopic (exact) mass is 344 g/mol. The number of amides is 1. The van der Waals surface area contributed by atoms with Gasteiger partial charge in [0, 0.05) is 0 Å². The molecule has 2 rings (SSSR count). The molecule has 0 aliphatic carbocycles. The van der Waals surface area contributed by atoms with Crippen molar-refractivity contribution < 1.29 is 21.2 Å². The van der Waals surface area contributed by atoms with Crippen LogP contribution in [-0.4, -0.2) is 45.9 Å². The van der Waals surface area contributed by atoms with E-state index in [9.17, 15) is 4.79 Å². The van der Waals surface area contributed by atoms with E-state index in [1.165, 1.54) is 15.7 Å². The van der Waals surface area contributed by atoms with Gasteiger partial charge in [-0.3, -0.25) is 0 Å². The minimum absolute atomic E-state index is 0. The van der Waals surface area contributed by atoms with Crippen molar-refractivity contribution in [3.63, 3.8) is 0 Å². The molecular weight excluding hydrogens is 327 g/mol. The smallest absolute Gasteiger partial charge is 0.412 e. The summed E-state index contributed by atoms with van der Waals surface area (Å²) < 4.78 is 1.20. The summed E-state index contributed by atoms with van der Waals surface area (Å²) in [6.45, 7) is 0. The average molecular weight is 343 g/mol. The van der Waals surface area contributed by atoms with Gasteiger partial charge < -0.3 is 16.4 Å². The Morgan fingerprint density at radius 2 is 1.68 bits per heavy atom. The molecule has 0 aliphatic rings. The summed E-state index contributed by atoms with van der Waals surface area (Å²) in [7, 11) is 1.80. The zero-order chi connectivity index (χ0) is 11.5. The van der Waals surface area contributed by atoms with Gasteiger partial charge in [0.15, 0.2) is 0 Å². The number of hydrogen-bond acceptors (Lipinski definition) is 2. The summed E-state index contributed by atoms with van der Waals surface area (Å²) >= 11 is 3.50. The maximum atomic E-state index is 12.0. The van der Waals surface area contributed by atoms with Crippen LogP contribution in [0.2, 0.25) is 0 Å². The molecule has 1 aromatic carbocycles. The van der Waals surface area contributed by atoms with Gasteiger partial charge in [-0.05, 0) is 0 Å². The summed E-state index contributed by atoms with van der Waals surface area (Å²) in [5.41, 5.74) is 0.920. The second-order valence-electron chi connectivity index (χ2n) is 3.39. The van der Waals surface area contributed by atoms with Gasteiger partial charge in [0.25, 0.3) is 0 Å². The van der Waals surface area contributed by atoms with Gasteiger partial charge in [-0.15, -0.1) is 0 Å². The van der Waals surface area contributed by atoms with Crippen LogP contribution in [0.3, 0.4) is 0 Å². The molecule has 0 unspecified atom stereocenters. The van der Waals surface area contributed by atoms with Crippen LogP contribution in [0.25, 0.3) is 0 Å². The van der Waals surface area contributed by atoms with Crippen molar-refractivity contribution in [1.82, 2.24) is 0 Å². The SMILES string of the molecule is CN(C(=O)c1cccs1)c1cc[c]([Ge])cc1.O.O.O. The van der Waals surface area contributed by atoms with E-state index in [0.29, 0.717) is 0 Å². The van der Waals surface area contributed by atoms with E-state index in [2.05, 4.69) is 0 Å². The van der Waals surface area contributed by atoms with Gasteiger partial charge in [0.05, 0.1) is 0 Å². The molecule has 2 aromatic rings. The van der Waals surface area contributed by atoms with Crippen LogP contribution in [0.5, 0.6) is 0 Å². The Kier molecular flexibility index (Phi) is 9.36. The summed E-state index contributed by atoms with van der Waals surface area (Å²) in [4.78, 5) is 14.5. The Balaban J connectivity index is 0. The van der Waals surface area contributed by atoms with E-state index < -0.39 is 0 Å². The topological polar surface area (TPSA) is 115 Å². The molecule has 3 radical (unpaired) electrons. The van der Waals surface area contributed by atoms with Crippen molar-refractivity contribution in [2.24, 2.45) is 0 Å². The van der Waals surface area contributed by atoms with Crippen molar-refractivity contribution in [3.05, 3.63) is 46.7 Å². The van der Waals surface area contributed by atoms with Crippen molar-refractivity contribution in [1.29, 1.82) is 0 Å². The number of carbonyl (C=O) groups is 1. The molecular formula is C12H16GeNO4S. The first-order valence-electron chi connectivity index (χ1n) is 4.82. The molecule has 19 heavy (non-hydrogen) atoms. The first-order chi connectivity index (χ1) is 7.68. The number of thiophene rings is 1. The standard InChI is InChI=1S/C12H10GeNOS.3H2O/c1-14(10-6-4-9(13)5-7-10)12(15)11-3-2-8-16-11;;;/h2-8H,1H3;3*1H2. The fourth-order valence-corrected chi connectivity index (χ4v) is 2.42. The van der Waals surface area contributed by atoms with Gasteiger partial charge in [-0.25, -0.2) is 0 Å². The zero-order valence-electron chi connectivity index (χ0n) is 10.3. The molecule has 7 heteroatoms. The van der Waals surface area contributed by atoms with Gasteiger partial charge >= 0.3 is 107 Å². The Hall–Kier alpha value is -1.19. The molecule has 103 valence electrons.